The van der Waals surface area contributed by atoms with Gasteiger partial charge >= 0.3 is 0 Å². The Labute approximate surface area is 114 Å². The first-order chi connectivity index (χ1) is 8.21. The first-order valence-electron chi connectivity index (χ1n) is 6.77. The molecule has 0 fully saturated rings. The van der Waals surface area contributed by atoms with E-state index < -0.39 is 0 Å². The van der Waals surface area contributed by atoms with E-state index in [0.717, 1.165) is 18.3 Å². The SMILES string of the molecule is CCCC(CBr)(CCC)Cn1ccnc1CC. The van der Waals surface area contributed by atoms with E-state index in [1.807, 2.05) is 6.20 Å². The standard InChI is InChI=1S/C14H25BrN2/c1-4-7-14(11-15,8-5-2)12-17-10-9-16-13(17)6-3/h9-10H,4-8,11-12H2,1-3H3. The van der Waals surface area contributed by atoms with Crippen LogP contribution >= 0.6 is 15.9 Å². The molecule has 0 aliphatic heterocycles. The van der Waals surface area contributed by atoms with Gasteiger partial charge in [0.25, 0.3) is 0 Å². The van der Waals surface area contributed by atoms with Crippen LogP contribution in [-0.2, 0) is 13.0 Å². The summed E-state index contributed by atoms with van der Waals surface area (Å²) in [7, 11) is 0. The van der Waals surface area contributed by atoms with Gasteiger partial charge in [0.05, 0.1) is 0 Å². The summed E-state index contributed by atoms with van der Waals surface area (Å²) in [5.41, 5.74) is 0.397. The summed E-state index contributed by atoms with van der Waals surface area (Å²) in [6, 6.07) is 0. The number of imidazole rings is 1. The molecule has 0 atom stereocenters. The zero-order chi connectivity index (χ0) is 12.7. The summed E-state index contributed by atoms with van der Waals surface area (Å²) < 4.78 is 2.34. The molecule has 1 rings (SSSR count). The van der Waals surface area contributed by atoms with Gasteiger partial charge in [0.1, 0.15) is 5.82 Å². The third kappa shape index (κ3) is 3.84. The molecule has 1 heterocycles. The lowest BCUT2D eigenvalue weighted by Gasteiger charge is -2.32. The highest BCUT2D eigenvalue weighted by molar-refractivity contribution is 9.09. The summed E-state index contributed by atoms with van der Waals surface area (Å²) in [5, 5.41) is 1.09. The molecule has 0 saturated heterocycles. The van der Waals surface area contributed by atoms with E-state index >= 15 is 0 Å². The first kappa shape index (κ1) is 14.7. The molecule has 0 N–H and O–H groups in total. The van der Waals surface area contributed by atoms with Crippen molar-refractivity contribution in [1.29, 1.82) is 0 Å². The van der Waals surface area contributed by atoms with Gasteiger partial charge in [-0.2, -0.15) is 0 Å². The second kappa shape index (κ2) is 7.20. The third-order valence-electron chi connectivity index (χ3n) is 3.47. The van der Waals surface area contributed by atoms with E-state index in [2.05, 4.69) is 52.4 Å². The maximum atomic E-state index is 4.42. The smallest absolute Gasteiger partial charge is 0.108 e. The number of hydrogen-bond donors (Lipinski definition) is 0. The number of halogens is 1. The molecule has 0 saturated carbocycles. The molecule has 0 unspecified atom stereocenters. The van der Waals surface area contributed by atoms with Crippen LogP contribution in [-0.4, -0.2) is 14.9 Å². The third-order valence-corrected chi connectivity index (χ3v) is 4.66. The van der Waals surface area contributed by atoms with E-state index in [4.69, 9.17) is 0 Å². The fourth-order valence-electron chi connectivity index (χ4n) is 2.68. The lowest BCUT2D eigenvalue weighted by molar-refractivity contribution is 0.230. The summed E-state index contributed by atoms with van der Waals surface area (Å²) in [4.78, 5) is 4.42. The minimum Gasteiger partial charge on any atom is -0.334 e. The molecule has 2 nitrogen and oxygen atoms in total. The van der Waals surface area contributed by atoms with Gasteiger partial charge in [-0.15, -0.1) is 0 Å². The van der Waals surface area contributed by atoms with Crippen LogP contribution in [0.15, 0.2) is 12.4 Å². The molecule has 3 heteroatoms. The van der Waals surface area contributed by atoms with Crippen LogP contribution in [0.1, 0.15) is 52.3 Å². The molecule has 0 aliphatic carbocycles. The predicted molar refractivity (Wildman–Crippen MR) is 77.6 cm³/mol. The van der Waals surface area contributed by atoms with Gasteiger partial charge in [0.15, 0.2) is 0 Å². The highest BCUT2D eigenvalue weighted by atomic mass is 79.9. The Morgan fingerprint density at radius 1 is 1.24 bits per heavy atom. The molecule has 0 amide bonds. The maximum Gasteiger partial charge on any atom is 0.108 e. The van der Waals surface area contributed by atoms with Crippen LogP contribution in [0.2, 0.25) is 0 Å². The van der Waals surface area contributed by atoms with Gasteiger partial charge in [-0.3, -0.25) is 0 Å². The van der Waals surface area contributed by atoms with Gasteiger partial charge in [-0.05, 0) is 18.3 Å². The Balaban J connectivity index is 2.84. The molecule has 0 aliphatic rings. The van der Waals surface area contributed by atoms with Crippen molar-refractivity contribution in [3.63, 3.8) is 0 Å². The Bertz CT molecular complexity index is 314. The lowest BCUT2D eigenvalue weighted by Crippen LogP contribution is -2.29. The molecular weight excluding hydrogens is 276 g/mol. The molecule has 0 bridgehead atoms. The molecule has 0 aromatic carbocycles. The summed E-state index contributed by atoms with van der Waals surface area (Å²) >= 11 is 3.73. The maximum absolute atomic E-state index is 4.42. The molecule has 1 aromatic heterocycles. The van der Waals surface area contributed by atoms with Crippen molar-refractivity contribution in [2.24, 2.45) is 5.41 Å². The van der Waals surface area contributed by atoms with Gasteiger partial charge in [0.2, 0.25) is 0 Å². The van der Waals surface area contributed by atoms with Gasteiger partial charge in [-0.1, -0.05) is 49.5 Å². The summed E-state index contributed by atoms with van der Waals surface area (Å²) in [6.45, 7) is 7.83. The molecule has 0 radical (unpaired) electrons. The van der Waals surface area contributed by atoms with Gasteiger partial charge in [-0.25, -0.2) is 4.98 Å². The number of hydrogen-bond acceptors (Lipinski definition) is 1. The highest BCUT2D eigenvalue weighted by Gasteiger charge is 2.28. The van der Waals surface area contributed by atoms with E-state index in [9.17, 15) is 0 Å². The Hall–Kier alpha value is -0.310. The molecule has 17 heavy (non-hydrogen) atoms. The van der Waals surface area contributed by atoms with E-state index in [1.54, 1.807) is 0 Å². The fourth-order valence-corrected chi connectivity index (χ4v) is 3.42. The number of alkyl halides is 1. The monoisotopic (exact) mass is 300 g/mol. The number of aryl methyl sites for hydroxylation is 1. The minimum atomic E-state index is 0.397. The Kier molecular flexibility index (Phi) is 6.24. The van der Waals surface area contributed by atoms with Gasteiger partial charge < -0.3 is 4.57 Å². The van der Waals surface area contributed by atoms with E-state index in [-0.39, 0.29) is 0 Å². The molecular formula is C14H25BrN2. The number of aromatic nitrogens is 2. The fraction of sp³-hybridized carbons (Fsp3) is 0.786. The predicted octanol–water partition coefficient (Wildman–Crippen LogP) is 4.43. The van der Waals surface area contributed by atoms with Gasteiger partial charge in [0, 0.05) is 30.7 Å². The average molecular weight is 301 g/mol. The topological polar surface area (TPSA) is 17.8 Å². The summed E-state index contributed by atoms with van der Waals surface area (Å²) in [6.07, 6.45) is 10.1. The zero-order valence-corrected chi connectivity index (χ0v) is 13.0. The second-order valence-electron chi connectivity index (χ2n) is 4.96. The Morgan fingerprint density at radius 2 is 1.88 bits per heavy atom. The Morgan fingerprint density at radius 3 is 2.35 bits per heavy atom. The van der Waals surface area contributed by atoms with Crippen molar-refractivity contribution in [1.82, 2.24) is 9.55 Å². The quantitative estimate of drug-likeness (QED) is 0.650. The normalized spacial score (nSPS) is 12.0. The average Bonchev–Trinajstić information content (AvgIpc) is 2.76. The van der Waals surface area contributed by atoms with Crippen LogP contribution in [0.25, 0.3) is 0 Å². The van der Waals surface area contributed by atoms with Crippen LogP contribution in [0.4, 0.5) is 0 Å². The van der Waals surface area contributed by atoms with Crippen LogP contribution in [0.5, 0.6) is 0 Å². The van der Waals surface area contributed by atoms with E-state index in [0.29, 0.717) is 5.41 Å². The van der Waals surface area contributed by atoms with Crippen molar-refractivity contribution >= 4 is 15.9 Å². The number of nitrogens with zero attached hydrogens (tertiary/aromatic N) is 2. The molecule has 98 valence electrons. The van der Waals surface area contributed by atoms with Crippen molar-refractivity contribution in [2.75, 3.05) is 5.33 Å². The molecule has 0 spiro atoms. The highest BCUT2D eigenvalue weighted by Crippen LogP contribution is 2.34. The van der Waals surface area contributed by atoms with Crippen LogP contribution in [0.3, 0.4) is 0 Å². The van der Waals surface area contributed by atoms with Crippen molar-refractivity contribution in [2.45, 2.75) is 59.4 Å². The largest absolute Gasteiger partial charge is 0.334 e. The van der Waals surface area contributed by atoms with E-state index in [1.165, 1.54) is 31.5 Å². The molecule has 1 aromatic rings. The van der Waals surface area contributed by atoms with Crippen molar-refractivity contribution in [3.05, 3.63) is 18.2 Å². The van der Waals surface area contributed by atoms with Crippen molar-refractivity contribution < 1.29 is 0 Å². The van der Waals surface area contributed by atoms with Crippen LogP contribution in [0, 0.1) is 5.41 Å². The van der Waals surface area contributed by atoms with Crippen molar-refractivity contribution in [3.8, 4) is 0 Å². The minimum absolute atomic E-state index is 0.397. The summed E-state index contributed by atoms with van der Waals surface area (Å²) in [5.74, 6) is 1.21. The number of rotatable bonds is 8. The van der Waals surface area contributed by atoms with Crippen LogP contribution < -0.4 is 0 Å². The lowest BCUT2D eigenvalue weighted by atomic mass is 9.81. The zero-order valence-electron chi connectivity index (χ0n) is 11.4. The second-order valence-corrected chi connectivity index (χ2v) is 5.52. The first-order valence-corrected chi connectivity index (χ1v) is 7.89.